The highest BCUT2D eigenvalue weighted by Gasteiger charge is 2.14. The number of aliphatic hydroxyl groups excluding tert-OH is 1. The molecule has 0 rings (SSSR count). The summed E-state index contributed by atoms with van der Waals surface area (Å²) in [6.45, 7) is 6.93. The van der Waals surface area contributed by atoms with Crippen molar-refractivity contribution in [3.8, 4) is 0 Å². The van der Waals surface area contributed by atoms with E-state index in [1.807, 2.05) is 0 Å². The van der Waals surface area contributed by atoms with Gasteiger partial charge < -0.3 is 33.6 Å². The molecule has 0 aromatic rings. The first kappa shape index (κ1) is 18.0. The van der Waals surface area contributed by atoms with Crippen LogP contribution in [-0.2, 0) is 0 Å². The van der Waals surface area contributed by atoms with Crippen molar-refractivity contribution in [1.82, 2.24) is 0 Å². The first-order valence-corrected chi connectivity index (χ1v) is 5.98. The molecule has 0 saturated carbocycles. The molecule has 0 aliphatic carbocycles. The zero-order valence-corrected chi connectivity index (χ0v) is 13.0. The summed E-state index contributed by atoms with van der Waals surface area (Å²) in [7, 11) is 4.40. The zero-order chi connectivity index (χ0) is 11.0. The van der Waals surface area contributed by atoms with Gasteiger partial charge in [0, 0.05) is 0 Å². The van der Waals surface area contributed by atoms with Crippen LogP contribution in [0.3, 0.4) is 0 Å². The summed E-state index contributed by atoms with van der Waals surface area (Å²) >= 11 is 0. The maximum Gasteiger partial charge on any atom is 0.102 e. The van der Waals surface area contributed by atoms with Gasteiger partial charge >= 0.3 is 0 Å². The second kappa shape index (κ2) is 9.85. The topological polar surface area (TPSA) is 20.2 Å². The third kappa shape index (κ3) is 9.57. The van der Waals surface area contributed by atoms with Gasteiger partial charge in [-0.05, 0) is 18.8 Å². The van der Waals surface area contributed by atoms with Crippen LogP contribution in [0.5, 0.6) is 0 Å². The predicted octanol–water partition coefficient (Wildman–Crippen LogP) is -0.724. The molecule has 0 aromatic heterocycles. The van der Waals surface area contributed by atoms with Gasteiger partial charge in [0.05, 0.1) is 27.2 Å². The highest BCUT2D eigenvalue weighted by Crippen LogP contribution is 2.15. The van der Waals surface area contributed by atoms with Gasteiger partial charge in [-0.25, -0.2) is 0 Å². The smallest absolute Gasteiger partial charge is 0.102 e. The average molecular weight is 329 g/mol. The zero-order valence-electron chi connectivity index (χ0n) is 10.8. The molecule has 0 radical (unpaired) electrons. The van der Waals surface area contributed by atoms with Crippen molar-refractivity contribution in [2.75, 3.05) is 33.8 Å². The lowest BCUT2D eigenvalue weighted by Gasteiger charge is -2.29. The Hall–Kier alpha value is 0.650. The number of hydrogen-bond donors (Lipinski definition) is 1. The Balaban J connectivity index is 0. The fraction of sp³-hybridized carbons (Fsp3) is 1.00. The Bertz CT molecular complexity index is 136. The SMILES string of the molecule is CCC(CC)CCC[N+](C)(C)CCO.[I-]. The summed E-state index contributed by atoms with van der Waals surface area (Å²) in [6.07, 6.45) is 5.26. The molecule has 15 heavy (non-hydrogen) atoms. The van der Waals surface area contributed by atoms with Crippen molar-refractivity contribution < 1.29 is 33.6 Å². The van der Waals surface area contributed by atoms with E-state index in [-0.39, 0.29) is 24.0 Å². The summed E-state index contributed by atoms with van der Waals surface area (Å²) in [5.74, 6) is 0.907. The average Bonchev–Trinajstić information content (AvgIpc) is 2.12. The van der Waals surface area contributed by atoms with E-state index in [2.05, 4.69) is 27.9 Å². The van der Waals surface area contributed by atoms with Gasteiger partial charge in [0.15, 0.2) is 0 Å². The van der Waals surface area contributed by atoms with E-state index in [9.17, 15) is 0 Å². The standard InChI is InChI=1S/C12H28NO.HI/c1-5-12(6-2)8-7-9-13(3,4)10-11-14;/h12,14H,5-11H2,1-4H3;1H/q+1;/p-1. The molecule has 0 amide bonds. The van der Waals surface area contributed by atoms with Gasteiger partial charge in [-0.1, -0.05) is 26.7 Å². The third-order valence-corrected chi connectivity index (χ3v) is 3.24. The number of hydrogen-bond acceptors (Lipinski definition) is 1. The fourth-order valence-electron chi connectivity index (χ4n) is 1.89. The Morgan fingerprint density at radius 1 is 1.07 bits per heavy atom. The molecule has 0 unspecified atom stereocenters. The second-order valence-corrected chi connectivity index (χ2v) is 4.93. The Kier molecular flexibility index (Phi) is 11.8. The molecule has 0 spiro atoms. The lowest BCUT2D eigenvalue weighted by molar-refractivity contribution is -0.890. The molecular weight excluding hydrogens is 301 g/mol. The number of likely N-dealkylation sites (N-methyl/N-ethyl adjacent to an activating group) is 1. The van der Waals surface area contributed by atoms with Crippen LogP contribution in [0.15, 0.2) is 0 Å². The number of halogens is 1. The second-order valence-electron chi connectivity index (χ2n) is 4.93. The maximum absolute atomic E-state index is 8.89. The van der Waals surface area contributed by atoms with Crippen LogP contribution in [0.4, 0.5) is 0 Å². The Labute approximate surface area is 113 Å². The number of nitrogens with zero attached hydrogens (tertiary/aromatic N) is 1. The van der Waals surface area contributed by atoms with E-state index in [1.165, 1.54) is 32.2 Å². The minimum atomic E-state index is 0. The van der Waals surface area contributed by atoms with E-state index in [1.54, 1.807) is 0 Å². The fourth-order valence-corrected chi connectivity index (χ4v) is 1.89. The van der Waals surface area contributed by atoms with Crippen molar-refractivity contribution in [2.45, 2.75) is 39.5 Å². The number of quaternary nitrogens is 1. The van der Waals surface area contributed by atoms with Crippen LogP contribution >= 0.6 is 0 Å². The number of aliphatic hydroxyl groups is 1. The first-order chi connectivity index (χ1) is 6.55. The molecule has 0 saturated heterocycles. The lowest BCUT2D eigenvalue weighted by atomic mass is 9.97. The normalized spacial score (nSPS) is 11.6. The molecule has 0 aliphatic rings. The molecule has 0 atom stereocenters. The van der Waals surface area contributed by atoms with E-state index < -0.39 is 0 Å². The number of rotatable bonds is 8. The highest BCUT2D eigenvalue weighted by molar-refractivity contribution is 4.54. The minimum absolute atomic E-state index is 0. The van der Waals surface area contributed by atoms with Crippen molar-refractivity contribution in [3.63, 3.8) is 0 Å². The molecule has 94 valence electrons. The van der Waals surface area contributed by atoms with E-state index >= 15 is 0 Å². The van der Waals surface area contributed by atoms with Crippen LogP contribution in [0.25, 0.3) is 0 Å². The quantitative estimate of drug-likeness (QED) is 0.460. The van der Waals surface area contributed by atoms with E-state index in [4.69, 9.17) is 5.11 Å². The summed E-state index contributed by atoms with van der Waals surface area (Å²) in [4.78, 5) is 0. The van der Waals surface area contributed by atoms with Gasteiger partial charge in [-0.2, -0.15) is 0 Å². The maximum atomic E-state index is 8.89. The minimum Gasteiger partial charge on any atom is -1.00 e. The van der Waals surface area contributed by atoms with E-state index in [0.717, 1.165) is 16.9 Å². The molecule has 1 N–H and O–H groups in total. The molecule has 0 aliphatic heterocycles. The molecule has 0 fully saturated rings. The third-order valence-electron chi connectivity index (χ3n) is 3.24. The van der Waals surface area contributed by atoms with Gasteiger partial charge in [0.25, 0.3) is 0 Å². The highest BCUT2D eigenvalue weighted by atomic mass is 127. The Morgan fingerprint density at radius 2 is 1.60 bits per heavy atom. The van der Waals surface area contributed by atoms with Crippen LogP contribution in [0, 0.1) is 5.92 Å². The molecule has 0 bridgehead atoms. The molecule has 0 heterocycles. The van der Waals surface area contributed by atoms with Crippen molar-refractivity contribution in [1.29, 1.82) is 0 Å². The van der Waals surface area contributed by atoms with Gasteiger partial charge in [0.2, 0.25) is 0 Å². The lowest BCUT2D eigenvalue weighted by Crippen LogP contribution is -3.00. The van der Waals surface area contributed by atoms with Crippen molar-refractivity contribution in [2.24, 2.45) is 5.92 Å². The van der Waals surface area contributed by atoms with E-state index in [0.29, 0.717) is 6.61 Å². The Morgan fingerprint density at radius 3 is 2.00 bits per heavy atom. The summed E-state index contributed by atoms with van der Waals surface area (Å²) in [5, 5.41) is 8.89. The predicted molar refractivity (Wildman–Crippen MR) is 62.2 cm³/mol. The monoisotopic (exact) mass is 329 g/mol. The van der Waals surface area contributed by atoms with Gasteiger partial charge in [-0.3, -0.25) is 0 Å². The van der Waals surface area contributed by atoms with Crippen LogP contribution in [0.2, 0.25) is 0 Å². The van der Waals surface area contributed by atoms with Crippen LogP contribution in [0.1, 0.15) is 39.5 Å². The van der Waals surface area contributed by atoms with Gasteiger partial charge in [0.1, 0.15) is 6.54 Å². The molecule has 2 nitrogen and oxygen atoms in total. The van der Waals surface area contributed by atoms with Crippen LogP contribution in [-0.4, -0.2) is 43.4 Å². The van der Waals surface area contributed by atoms with Crippen molar-refractivity contribution >= 4 is 0 Å². The summed E-state index contributed by atoms with van der Waals surface area (Å²) < 4.78 is 0.955. The molecule has 0 aromatic carbocycles. The first-order valence-electron chi connectivity index (χ1n) is 5.98. The summed E-state index contributed by atoms with van der Waals surface area (Å²) in [6, 6.07) is 0. The molecular formula is C12H28INO. The van der Waals surface area contributed by atoms with Gasteiger partial charge in [-0.15, -0.1) is 0 Å². The van der Waals surface area contributed by atoms with Crippen LogP contribution < -0.4 is 24.0 Å². The molecule has 3 heteroatoms. The summed E-state index contributed by atoms with van der Waals surface area (Å²) in [5.41, 5.74) is 0. The largest absolute Gasteiger partial charge is 1.00 e. The van der Waals surface area contributed by atoms with Crippen molar-refractivity contribution in [3.05, 3.63) is 0 Å².